The van der Waals surface area contributed by atoms with Crippen LogP contribution in [0.4, 0.5) is 0 Å². The summed E-state index contributed by atoms with van der Waals surface area (Å²) in [6, 6.07) is 2.16. The van der Waals surface area contributed by atoms with Crippen molar-refractivity contribution in [2.24, 2.45) is 58.4 Å². The van der Waals surface area contributed by atoms with Crippen LogP contribution in [0.2, 0.25) is 0 Å². The normalized spacial score (nSPS) is 28.3. The Morgan fingerprint density at radius 2 is 1.20 bits per heavy atom. The summed E-state index contributed by atoms with van der Waals surface area (Å²) >= 11 is 0. The highest BCUT2D eigenvalue weighted by molar-refractivity contribution is 5.98. The summed E-state index contributed by atoms with van der Waals surface area (Å²) in [6.07, 6.45) is 6.09. The molecule has 15 N–H and O–H groups in total. The number of hydrogen-bond donors (Lipinski definition) is 11. The molecule has 3 unspecified atom stereocenters. The van der Waals surface area contributed by atoms with Crippen molar-refractivity contribution >= 4 is 52.9 Å². The maximum Gasteiger partial charge on any atom is 0.243 e. The van der Waals surface area contributed by atoms with Gasteiger partial charge in [-0.1, -0.05) is 63.4 Å². The molecule has 0 aromatic heterocycles. The Balaban J connectivity index is 1.78. The van der Waals surface area contributed by atoms with Crippen LogP contribution in [0.15, 0.2) is 30.3 Å². The van der Waals surface area contributed by atoms with Gasteiger partial charge in [0.1, 0.15) is 24.2 Å². The number of fused-ring (bicyclic) bond motifs is 1. The van der Waals surface area contributed by atoms with Gasteiger partial charge in [-0.2, -0.15) is 0 Å². The third-order valence-electron chi connectivity index (χ3n) is 14.3. The van der Waals surface area contributed by atoms with Gasteiger partial charge in [0.2, 0.25) is 41.4 Å². The molecule has 396 valence electrons. The first-order chi connectivity index (χ1) is 34.0. The second-order valence-corrected chi connectivity index (χ2v) is 20.3. The number of benzene rings is 1. The third-order valence-corrected chi connectivity index (χ3v) is 14.3. The molecule has 1 saturated heterocycles. The van der Waals surface area contributed by atoms with E-state index in [9.17, 15) is 43.2 Å². The molecule has 20 heteroatoms. The Bertz CT molecular complexity index is 1950. The fourth-order valence-electron chi connectivity index (χ4n) is 10.6. The van der Waals surface area contributed by atoms with E-state index in [4.69, 9.17) is 22.9 Å². The molecule has 0 radical (unpaired) electrons. The summed E-state index contributed by atoms with van der Waals surface area (Å²) in [7, 11) is 0. The summed E-state index contributed by atoms with van der Waals surface area (Å²) in [5.41, 5.74) is 24.5. The lowest BCUT2D eigenvalue weighted by atomic mass is 9.76. The number of amides is 7. The van der Waals surface area contributed by atoms with Crippen LogP contribution < -0.4 is 60.2 Å². The first-order valence-electron chi connectivity index (χ1n) is 25.9. The van der Waals surface area contributed by atoms with E-state index in [1.807, 2.05) is 19.9 Å². The summed E-state index contributed by atoms with van der Waals surface area (Å²) in [5.74, 6) is -6.56. The van der Waals surface area contributed by atoms with Crippen LogP contribution in [0.5, 0.6) is 0 Å². The minimum Gasteiger partial charge on any atom is -0.354 e. The van der Waals surface area contributed by atoms with Crippen LogP contribution in [0.1, 0.15) is 123 Å². The van der Waals surface area contributed by atoms with E-state index in [0.717, 1.165) is 44.1 Å². The molecule has 1 aromatic carbocycles. The number of carbonyl (C=O) groups is 9. The second kappa shape index (κ2) is 29.9. The van der Waals surface area contributed by atoms with Crippen molar-refractivity contribution in [3.8, 4) is 0 Å². The van der Waals surface area contributed by atoms with Gasteiger partial charge in [-0.3, -0.25) is 43.2 Å². The molecule has 0 spiro atoms. The Morgan fingerprint density at radius 3 is 1.80 bits per heavy atom. The summed E-state index contributed by atoms with van der Waals surface area (Å²) in [4.78, 5) is 126. The van der Waals surface area contributed by atoms with Crippen LogP contribution in [-0.4, -0.2) is 122 Å². The predicted molar refractivity (Wildman–Crippen MR) is 268 cm³/mol. The molecule has 2 aliphatic carbocycles. The number of carbonyl (C=O) groups excluding carboxylic acids is 9. The minimum atomic E-state index is -1.22. The van der Waals surface area contributed by atoms with Crippen molar-refractivity contribution in [1.29, 1.82) is 0 Å². The average Bonchev–Trinajstić information content (AvgIpc) is 3.74. The van der Waals surface area contributed by atoms with Crippen LogP contribution in [-0.2, 0) is 49.6 Å². The van der Waals surface area contributed by atoms with Gasteiger partial charge in [-0.25, -0.2) is 0 Å². The summed E-state index contributed by atoms with van der Waals surface area (Å²) in [6.45, 7) is 4.89. The average molecular weight is 994 g/mol. The number of hydrogen-bond acceptors (Lipinski definition) is 13. The lowest BCUT2D eigenvalue weighted by molar-refractivity contribution is -0.136. The number of Topliss-reactive ketones (excluding diaryl/α,β-unsaturated/α-hetero) is 2. The van der Waals surface area contributed by atoms with Crippen molar-refractivity contribution < 1.29 is 43.2 Å². The van der Waals surface area contributed by atoms with E-state index in [-0.39, 0.29) is 102 Å². The Kier molecular flexibility index (Phi) is 24.5. The van der Waals surface area contributed by atoms with Crippen LogP contribution >= 0.6 is 0 Å². The fraction of sp³-hybridized carbons (Fsp3) is 0.706. The summed E-state index contributed by atoms with van der Waals surface area (Å²) in [5, 5.41) is 19.5. The van der Waals surface area contributed by atoms with Crippen LogP contribution in [0.25, 0.3) is 0 Å². The van der Waals surface area contributed by atoms with Gasteiger partial charge < -0.3 is 60.2 Å². The van der Waals surface area contributed by atoms with E-state index >= 15 is 0 Å². The van der Waals surface area contributed by atoms with Crippen molar-refractivity contribution in [2.75, 3.05) is 32.7 Å². The molecular formula is C51H83N11O9. The van der Waals surface area contributed by atoms with Crippen molar-refractivity contribution in [3.05, 3.63) is 35.9 Å². The fourth-order valence-corrected chi connectivity index (χ4v) is 10.6. The lowest BCUT2D eigenvalue weighted by Gasteiger charge is -2.32. The highest BCUT2D eigenvalue weighted by Crippen LogP contribution is 2.47. The standard InChI is InChI=1S/C51H83N11O9/c1-30(2)25-42-51(71)60-40(17-22-54)49(69)59-41(18-23-55)50(70)62-43(27-34-14-13-33-11-7-8-12-37(33)34)48(68)56-24-19-35(28-44(64)38(15-20-52)57-31(3)63)46(66)58-39(16-21-53)45(65)29-36(47(67)61-42)26-32-9-5-4-6-10-32/h4-6,9-10,30,33-43H,7-8,11-29,52-55H2,1-3H3,(H,56,68)(H,57,63)(H,58,66)(H,59,69)(H,60,71)(H,61,67)(H,62,70)/t33?,34?,35-,36+,37?,38-,39+,40+,41+,42+,43+/m1/s1. The third kappa shape index (κ3) is 18.7. The van der Waals surface area contributed by atoms with Gasteiger partial charge in [0.15, 0.2) is 11.6 Å². The van der Waals surface area contributed by atoms with E-state index < -0.39 is 101 Å². The topological polar surface area (TPSA) is 342 Å². The van der Waals surface area contributed by atoms with Crippen molar-refractivity contribution in [1.82, 2.24) is 37.2 Å². The van der Waals surface area contributed by atoms with Gasteiger partial charge in [-0.05, 0) is 126 Å². The highest BCUT2D eigenvalue weighted by Gasteiger charge is 2.41. The number of ketones is 2. The Labute approximate surface area is 418 Å². The molecule has 4 rings (SSSR count). The molecule has 3 aliphatic rings. The zero-order valence-corrected chi connectivity index (χ0v) is 42.1. The molecule has 1 aromatic rings. The van der Waals surface area contributed by atoms with Gasteiger partial charge in [-0.15, -0.1) is 0 Å². The first-order valence-corrected chi connectivity index (χ1v) is 25.9. The molecular weight excluding hydrogens is 911 g/mol. The summed E-state index contributed by atoms with van der Waals surface area (Å²) < 4.78 is 0. The Hall–Kier alpha value is -5.31. The van der Waals surface area contributed by atoms with Gasteiger partial charge >= 0.3 is 0 Å². The van der Waals surface area contributed by atoms with Crippen LogP contribution in [0, 0.1) is 35.5 Å². The first kappa shape index (κ1) is 58.3. The maximum absolute atomic E-state index is 14.4. The smallest absolute Gasteiger partial charge is 0.243 e. The molecule has 71 heavy (non-hydrogen) atoms. The van der Waals surface area contributed by atoms with E-state index in [2.05, 4.69) is 37.2 Å². The second-order valence-electron chi connectivity index (χ2n) is 20.3. The lowest BCUT2D eigenvalue weighted by Crippen LogP contribution is -2.59. The molecule has 7 amide bonds. The van der Waals surface area contributed by atoms with E-state index in [1.165, 1.54) is 6.92 Å². The SMILES string of the molecule is CC(=O)N[C@H](CCN)C(=O)C[C@H]1CCNC(=O)[C@H](CC2CCC3CCCCC32)NC(=O)[C@H](CCN)NC(=O)[C@H](CCN)NC(=O)[C@H](CC(C)C)NC(=O)[C@@H](Cc2ccccc2)CC(=O)[C@H](CCN)NC1=O. The van der Waals surface area contributed by atoms with Crippen molar-refractivity contribution in [2.45, 2.75) is 160 Å². The van der Waals surface area contributed by atoms with Crippen molar-refractivity contribution in [3.63, 3.8) is 0 Å². The van der Waals surface area contributed by atoms with E-state index in [1.54, 1.807) is 24.3 Å². The molecule has 0 bridgehead atoms. The highest BCUT2D eigenvalue weighted by atomic mass is 16.2. The number of nitrogens with one attached hydrogen (secondary N) is 7. The monoisotopic (exact) mass is 994 g/mol. The predicted octanol–water partition coefficient (Wildman–Crippen LogP) is -0.124. The minimum absolute atomic E-state index is 0.00348. The molecule has 1 heterocycles. The quantitative estimate of drug-likeness (QED) is 0.0915. The van der Waals surface area contributed by atoms with E-state index in [0.29, 0.717) is 18.3 Å². The molecule has 2 saturated carbocycles. The largest absolute Gasteiger partial charge is 0.354 e. The number of nitrogens with two attached hydrogens (primary N) is 4. The van der Waals surface area contributed by atoms with Gasteiger partial charge in [0.25, 0.3) is 0 Å². The molecule has 20 nitrogen and oxygen atoms in total. The number of rotatable bonds is 18. The zero-order valence-electron chi connectivity index (χ0n) is 42.1. The van der Waals surface area contributed by atoms with Gasteiger partial charge in [0, 0.05) is 38.1 Å². The maximum atomic E-state index is 14.4. The van der Waals surface area contributed by atoms with Gasteiger partial charge in [0.05, 0.1) is 12.1 Å². The van der Waals surface area contributed by atoms with Crippen LogP contribution in [0.3, 0.4) is 0 Å². The Morgan fingerprint density at radius 1 is 0.634 bits per heavy atom. The molecule has 11 atom stereocenters. The molecule has 1 aliphatic heterocycles. The molecule has 3 fully saturated rings. The zero-order chi connectivity index (χ0) is 52.0.